The zero-order chi connectivity index (χ0) is 20.3. The fraction of sp³-hybridized carbons (Fsp3) is 0.526. The Morgan fingerprint density at radius 2 is 2.25 bits per heavy atom. The van der Waals surface area contributed by atoms with Crippen LogP contribution in [-0.4, -0.2) is 54.9 Å². The molecule has 1 atom stereocenters. The van der Waals surface area contributed by atoms with Crippen LogP contribution in [0.1, 0.15) is 37.2 Å². The lowest BCUT2D eigenvalue weighted by atomic mass is 10.2. The lowest BCUT2D eigenvalue weighted by molar-refractivity contribution is 0.0588. The van der Waals surface area contributed by atoms with E-state index in [-0.39, 0.29) is 17.5 Å². The van der Waals surface area contributed by atoms with Gasteiger partial charge in [0.25, 0.3) is 0 Å². The van der Waals surface area contributed by atoms with Gasteiger partial charge < -0.3 is 19.1 Å². The van der Waals surface area contributed by atoms with Gasteiger partial charge in [-0.2, -0.15) is 0 Å². The van der Waals surface area contributed by atoms with Gasteiger partial charge in [0.2, 0.25) is 5.75 Å². The van der Waals surface area contributed by atoms with Gasteiger partial charge >= 0.3 is 11.5 Å². The Bertz CT molecular complexity index is 930. The highest BCUT2D eigenvalue weighted by atomic mass is 79.9. The number of pyridine rings is 1. The molecule has 0 bridgehead atoms. The van der Waals surface area contributed by atoms with Crippen LogP contribution in [0.2, 0.25) is 0 Å². The molecule has 2 aromatic rings. The molecule has 9 heteroatoms. The molecule has 1 fully saturated rings. The van der Waals surface area contributed by atoms with Crippen molar-refractivity contribution >= 4 is 33.2 Å². The summed E-state index contributed by atoms with van der Waals surface area (Å²) in [6, 6.07) is 2.07. The summed E-state index contributed by atoms with van der Waals surface area (Å²) in [5.74, 6) is -0.791. The van der Waals surface area contributed by atoms with E-state index < -0.39 is 11.5 Å². The van der Waals surface area contributed by atoms with Crippen molar-refractivity contribution in [1.82, 2.24) is 9.38 Å². The van der Waals surface area contributed by atoms with E-state index in [1.54, 1.807) is 6.20 Å². The Morgan fingerprint density at radius 3 is 2.93 bits per heavy atom. The average molecular weight is 454 g/mol. The molecule has 1 unspecified atom stereocenters. The van der Waals surface area contributed by atoms with Crippen LogP contribution in [0.15, 0.2) is 21.5 Å². The largest absolute Gasteiger partial charge is 0.486 e. The zero-order valence-electron chi connectivity index (χ0n) is 16.2. The van der Waals surface area contributed by atoms with Crippen molar-refractivity contribution in [3.8, 4) is 5.75 Å². The number of halogens is 1. The van der Waals surface area contributed by atoms with Crippen molar-refractivity contribution in [2.75, 3.05) is 38.4 Å². The van der Waals surface area contributed by atoms with Crippen LogP contribution in [-0.2, 0) is 9.47 Å². The van der Waals surface area contributed by atoms with Crippen LogP contribution in [0.5, 0.6) is 5.75 Å². The Hall–Kier alpha value is -2.13. The van der Waals surface area contributed by atoms with Crippen molar-refractivity contribution in [3.63, 3.8) is 0 Å². The number of carbonyl (C=O) groups excluding carboxylic acids is 1. The van der Waals surface area contributed by atoms with E-state index in [1.165, 1.54) is 11.5 Å². The van der Waals surface area contributed by atoms with Crippen LogP contribution in [0.25, 0.3) is 5.65 Å². The number of hydrogen-bond acceptors (Lipinski definition) is 7. The van der Waals surface area contributed by atoms with Crippen molar-refractivity contribution in [2.24, 2.45) is 0 Å². The molecule has 0 N–H and O–H groups in total. The first-order chi connectivity index (χ1) is 13.5. The summed E-state index contributed by atoms with van der Waals surface area (Å²) in [4.78, 5) is 31.9. The quantitative estimate of drug-likeness (QED) is 0.490. The highest BCUT2D eigenvalue weighted by Crippen LogP contribution is 2.27. The van der Waals surface area contributed by atoms with Crippen molar-refractivity contribution in [2.45, 2.75) is 32.7 Å². The third-order valence-corrected chi connectivity index (χ3v) is 5.23. The van der Waals surface area contributed by atoms with Gasteiger partial charge in [0.05, 0.1) is 37.1 Å². The van der Waals surface area contributed by atoms with E-state index in [2.05, 4.69) is 32.7 Å². The second-order valence-electron chi connectivity index (χ2n) is 6.65. The molecule has 28 heavy (non-hydrogen) atoms. The average Bonchev–Trinajstić information content (AvgIpc) is 2.69. The number of unbranched alkanes of at least 4 members (excludes halogenated alkanes) is 1. The molecule has 3 heterocycles. The SMILES string of the molecule is CCCCOc1c(C(=O)OC)nc2c(Br)cc(N3CCOCC3C)cn2c1=O. The summed E-state index contributed by atoms with van der Waals surface area (Å²) in [6.45, 7) is 6.38. The minimum atomic E-state index is -0.705. The smallest absolute Gasteiger partial charge is 0.360 e. The number of rotatable bonds is 6. The molecule has 1 aliphatic heterocycles. The number of carbonyl (C=O) groups is 1. The van der Waals surface area contributed by atoms with Crippen LogP contribution in [0.4, 0.5) is 5.69 Å². The molecule has 8 nitrogen and oxygen atoms in total. The van der Waals surface area contributed by atoms with E-state index in [1.807, 2.05) is 13.0 Å². The number of hydrogen-bond donors (Lipinski definition) is 0. The maximum Gasteiger partial charge on any atom is 0.360 e. The van der Waals surface area contributed by atoms with Gasteiger partial charge in [-0.15, -0.1) is 0 Å². The molecule has 0 saturated carbocycles. The highest BCUT2D eigenvalue weighted by Gasteiger charge is 2.25. The number of anilines is 1. The molecule has 0 amide bonds. The Balaban J connectivity index is 2.15. The van der Waals surface area contributed by atoms with Gasteiger partial charge in [0.15, 0.2) is 11.3 Å². The van der Waals surface area contributed by atoms with Crippen molar-refractivity contribution in [1.29, 1.82) is 0 Å². The molecule has 1 saturated heterocycles. The summed E-state index contributed by atoms with van der Waals surface area (Å²) in [7, 11) is 1.25. The Morgan fingerprint density at radius 1 is 1.46 bits per heavy atom. The number of morpholine rings is 1. The Labute approximate surface area is 171 Å². The summed E-state index contributed by atoms with van der Waals surface area (Å²) in [6.07, 6.45) is 3.39. The molecular weight excluding hydrogens is 430 g/mol. The van der Waals surface area contributed by atoms with Crippen LogP contribution < -0.4 is 15.2 Å². The third-order valence-electron chi connectivity index (χ3n) is 4.65. The normalized spacial score (nSPS) is 17.0. The highest BCUT2D eigenvalue weighted by molar-refractivity contribution is 9.10. The summed E-state index contributed by atoms with van der Waals surface area (Å²) < 4.78 is 17.9. The predicted octanol–water partition coefficient (Wildman–Crippen LogP) is 2.65. The summed E-state index contributed by atoms with van der Waals surface area (Å²) >= 11 is 3.49. The standard InChI is InChI=1S/C19H24BrN3O5/c1-4-5-7-28-16-15(19(25)26-3)21-17-14(20)9-13(10-23(17)18(16)24)22-6-8-27-11-12(22)2/h9-10,12H,4-8,11H2,1-3H3. The first-order valence-electron chi connectivity index (χ1n) is 9.29. The molecule has 0 radical (unpaired) electrons. The van der Waals surface area contributed by atoms with Crippen LogP contribution in [0, 0.1) is 0 Å². The van der Waals surface area contributed by atoms with Gasteiger partial charge in [-0.3, -0.25) is 9.20 Å². The topological polar surface area (TPSA) is 82.4 Å². The van der Waals surface area contributed by atoms with E-state index in [9.17, 15) is 9.59 Å². The minimum absolute atomic E-state index is 0.0862. The number of esters is 1. The monoisotopic (exact) mass is 453 g/mol. The molecular formula is C19H24BrN3O5. The lowest BCUT2D eigenvalue weighted by Gasteiger charge is -2.35. The minimum Gasteiger partial charge on any atom is -0.486 e. The number of ether oxygens (including phenoxy) is 3. The number of aromatic nitrogens is 2. The maximum absolute atomic E-state index is 13.2. The van der Waals surface area contributed by atoms with E-state index in [0.29, 0.717) is 29.9 Å². The van der Waals surface area contributed by atoms with Gasteiger partial charge in [0, 0.05) is 18.8 Å². The van der Waals surface area contributed by atoms with Gasteiger partial charge in [0.1, 0.15) is 0 Å². The first kappa shape index (κ1) is 20.6. The second-order valence-corrected chi connectivity index (χ2v) is 7.50. The molecule has 152 valence electrons. The van der Waals surface area contributed by atoms with Gasteiger partial charge in [-0.05, 0) is 35.3 Å². The van der Waals surface area contributed by atoms with E-state index >= 15 is 0 Å². The number of methoxy groups -OCH3 is 1. The fourth-order valence-electron chi connectivity index (χ4n) is 3.12. The summed E-state index contributed by atoms with van der Waals surface area (Å²) in [5.41, 5.74) is 0.643. The summed E-state index contributed by atoms with van der Waals surface area (Å²) in [5, 5.41) is 0. The number of fused-ring (bicyclic) bond motifs is 1. The molecule has 3 rings (SSSR count). The number of nitrogens with zero attached hydrogens (tertiary/aromatic N) is 3. The predicted molar refractivity (Wildman–Crippen MR) is 109 cm³/mol. The molecule has 1 aliphatic rings. The van der Waals surface area contributed by atoms with Gasteiger partial charge in [-0.25, -0.2) is 9.78 Å². The van der Waals surface area contributed by atoms with E-state index in [4.69, 9.17) is 14.2 Å². The van der Waals surface area contributed by atoms with Crippen molar-refractivity contribution < 1.29 is 19.0 Å². The molecule has 2 aromatic heterocycles. The molecule has 0 aromatic carbocycles. The lowest BCUT2D eigenvalue weighted by Crippen LogP contribution is -2.44. The molecule has 0 aliphatic carbocycles. The Kier molecular flexibility index (Phi) is 6.56. The third kappa shape index (κ3) is 4.00. The van der Waals surface area contributed by atoms with Crippen molar-refractivity contribution in [3.05, 3.63) is 32.8 Å². The molecule has 0 spiro atoms. The fourth-order valence-corrected chi connectivity index (χ4v) is 3.64. The van der Waals surface area contributed by atoms with E-state index in [0.717, 1.165) is 25.1 Å². The maximum atomic E-state index is 13.2. The first-order valence-corrected chi connectivity index (χ1v) is 10.1. The van der Waals surface area contributed by atoms with Gasteiger partial charge in [-0.1, -0.05) is 13.3 Å². The van der Waals surface area contributed by atoms with Crippen LogP contribution in [0.3, 0.4) is 0 Å². The zero-order valence-corrected chi connectivity index (χ0v) is 17.8. The second kappa shape index (κ2) is 8.91. The van der Waals surface area contributed by atoms with Crippen LogP contribution >= 0.6 is 15.9 Å².